The molecule has 0 unspecified atom stereocenters. The number of rotatable bonds is 48. The maximum absolute atomic E-state index is 13.0. The van der Waals surface area contributed by atoms with Gasteiger partial charge in [0.1, 0.15) is 0 Å². The Labute approximate surface area is 482 Å². The summed E-state index contributed by atoms with van der Waals surface area (Å²) in [6, 6.07) is 0. The molecule has 4 atom stereocenters. The van der Waals surface area contributed by atoms with Crippen LogP contribution < -0.4 is 83.2 Å². The fourth-order valence-corrected chi connectivity index (χ4v) is 7.49. The molecule has 0 heterocycles. The number of ketones is 2. The molecule has 0 aliphatic rings. The van der Waals surface area contributed by atoms with E-state index in [1.165, 1.54) is 0 Å². The van der Waals surface area contributed by atoms with Crippen molar-refractivity contribution in [3.63, 3.8) is 0 Å². The van der Waals surface area contributed by atoms with Crippen LogP contribution in [-0.4, -0.2) is 111 Å². The van der Waals surface area contributed by atoms with Crippen LogP contribution >= 0.6 is 0 Å². The number of esters is 4. The number of carbonyl (C=O) groups excluding carboxylic acids is 8. The molecule has 2 amide bonds. The Morgan fingerprint density at radius 1 is 0.303 bits per heavy atom. The smallest absolute Gasteiger partial charge is 0.306 e. The molecule has 0 spiro atoms. The summed E-state index contributed by atoms with van der Waals surface area (Å²) in [5, 5.41) is 5.39. The van der Waals surface area contributed by atoms with E-state index in [0.29, 0.717) is 64.5 Å². The third-order valence-electron chi connectivity index (χ3n) is 11.9. The lowest BCUT2D eigenvalue weighted by Gasteiger charge is -2.25. The van der Waals surface area contributed by atoms with Crippen molar-refractivity contribution in [2.24, 2.45) is 0 Å². The van der Waals surface area contributed by atoms with E-state index < -0.39 is 65.9 Å². The maximum atomic E-state index is 13.0. The molecule has 0 aliphatic carbocycles. The third-order valence-corrected chi connectivity index (χ3v) is 11.9. The van der Waals surface area contributed by atoms with Crippen LogP contribution in [0.4, 0.5) is 0 Å². The first-order valence-electron chi connectivity index (χ1n) is 28.4. The van der Waals surface area contributed by atoms with Crippen molar-refractivity contribution in [2.75, 3.05) is 39.3 Å². The zero-order valence-corrected chi connectivity index (χ0v) is 50.4. The first kappa shape index (κ1) is 84.5. The van der Waals surface area contributed by atoms with Crippen molar-refractivity contribution >= 4 is 47.3 Å². The molecule has 0 aromatic rings. The molecule has 18 nitrogen and oxygen atoms in total. The Kier molecular flexibility index (Phi) is 68.2. The molecule has 76 heavy (non-hydrogen) atoms. The summed E-state index contributed by atoms with van der Waals surface area (Å²) in [5.41, 5.74) is 15.3. The maximum Gasteiger partial charge on any atom is 0.306 e. The lowest BCUT2D eigenvalue weighted by Crippen LogP contribution is -3.00. The molecule has 0 rings (SSSR count). The average molecular weight is 1170 g/mol. The molecule has 0 aromatic heterocycles. The van der Waals surface area contributed by atoms with Gasteiger partial charge in [-0.25, -0.2) is 0 Å². The highest BCUT2D eigenvalue weighted by atomic mass is 35.5. The highest BCUT2D eigenvalue weighted by Gasteiger charge is 2.40. The number of nitrogens with one attached hydrogen (secondary N) is 2. The van der Waals surface area contributed by atoms with Crippen LogP contribution in [0.1, 0.15) is 233 Å². The largest absolute Gasteiger partial charge is 1.00 e. The number of ether oxygens (including phenoxy) is 4. The van der Waals surface area contributed by atoms with E-state index in [9.17, 15) is 38.4 Å². The summed E-state index contributed by atoms with van der Waals surface area (Å²) < 4.78 is 22.1. The van der Waals surface area contributed by atoms with Gasteiger partial charge in [-0.2, -0.15) is 0 Å². The van der Waals surface area contributed by atoms with Gasteiger partial charge in [0, 0.05) is 51.6 Å². The van der Waals surface area contributed by atoms with Gasteiger partial charge in [-0.05, 0) is 103 Å². The lowest BCUT2D eigenvalue weighted by atomic mass is 10.0. The summed E-state index contributed by atoms with van der Waals surface area (Å²) in [6.45, 7) is 12.0. The minimum Gasteiger partial charge on any atom is -1.00 e. The van der Waals surface area contributed by atoms with Crippen molar-refractivity contribution in [1.29, 1.82) is 0 Å². The second-order valence-corrected chi connectivity index (χ2v) is 18.8. The van der Waals surface area contributed by atoms with E-state index in [-0.39, 0.29) is 93.9 Å². The second kappa shape index (κ2) is 61.4. The molecule has 0 aromatic carbocycles. The summed E-state index contributed by atoms with van der Waals surface area (Å²) in [6.07, 6.45) is 18.0. The fraction of sp³-hybridized carbons (Fsp3) is 0.852. The number of Topliss-reactive ketones (excluding diaryl/α,β-unsaturated/α-hetero) is 2. The molecular weight excluding hydrogens is 1070 g/mol. The molecule has 0 bridgehead atoms. The van der Waals surface area contributed by atoms with Gasteiger partial charge in [-0.1, -0.05) is 91.9 Å². The minimum atomic E-state index is -1.47. The molecule has 0 saturated heterocycles. The standard InChI is InChI=1S/C29H55N3O6.C25H47N3O6.4ClH/c1-3-5-18-24(33)27(37-25(34)19-14-10-6-8-12-16-21-30)28(29(36)32-23-4-2)38-26(35)20-15-11-7-9-13-17-22-31;1-3-5-14-20(29)23(33-21(30)15-10-6-8-12-17-26)24(25(32)28-19-4-2)34-22(31)16-11-7-9-13-18-27;;;;/h27-28H,3-23,30-31H2,1-2H3,(H,32,36);23-24H,3-19,26-27H2,1-2H3,(H,28,32);4*1H/t27-,28+;23-,24+;;;;/m00..../s1. The van der Waals surface area contributed by atoms with Gasteiger partial charge in [-0.15, -0.1) is 0 Å². The van der Waals surface area contributed by atoms with Gasteiger partial charge in [0.25, 0.3) is 11.8 Å². The Morgan fingerprint density at radius 2 is 0.526 bits per heavy atom. The quantitative estimate of drug-likeness (QED) is 0.0188. The average Bonchev–Trinajstić information content (AvgIpc) is 3.37. The van der Waals surface area contributed by atoms with Gasteiger partial charge < -0.3 is 102 Å². The van der Waals surface area contributed by atoms with Crippen molar-refractivity contribution in [2.45, 2.75) is 258 Å². The molecule has 14 N–H and O–H groups in total. The number of quaternary nitrogens is 4. The molecule has 22 heteroatoms. The van der Waals surface area contributed by atoms with E-state index in [0.717, 1.165) is 142 Å². The molecule has 0 fully saturated rings. The van der Waals surface area contributed by atoms with Crippen molar-refractivity contribution in [1.82, 2.24) is 10.6 Å². The van der Waals surface area contributed by atoms with Gasteiger partial charge >= 0.3 is 23.9 Å². The number of hydrogen-bond acceptors (Lipinski definition) is 12. The molecule has 0 saturated carbocycles. The van der Waals surface area contributed by atoms with Crippen LogP contribution in [0.3, 0.4) is 0 Å². The van der Waals surface area contributed by atoms with E-state index in [1.54, 1.807) is 0 Å². The number of halogens is 4. The Balaban J connectivity index is -0.000000308. The van der Waals surface area contributed by atoms with Gasteiger partial charge in [-0.3, -0.25) is 38.4 Å². The summed E-state index contributed by atoms with van der Waals surface area (Å²) in [4.78, 5) is 102. The summed E-state index contributed by atoms with van der Waals surface area (Å²) >= 11 is 0. The third kappa shape index (κ3) is 48.3. The van der Waals surface area contributed by atoms with Crippen molar-refractivity contribution in [3.8, 4) is 0 Å². The summed E-state index contributed by atoms with van der Waals surface area (Å²) in [7, 11) is 0. The van der Waals surface area contributed by atoms with Gasteiger partial charge in [0.05, 0.1) is 26.2 Å². The number of amides is 2. The van der Waals surface area contributed by atoms with Crippen LogP contribution in [0.5, 0.6) is 0 Å². The van der Waals surface area contributed by atoms with E-state index >= 15 is 0 Å². The Bertz CT molecular complexity index is 1360. The highest BCUT2D eigenvalue weighted by Crippen LogP contribution is 2.18. The summed E-state index contributed by atoms with van der Waals surface area (Å²) in [5.74, 6) is -4.19. The zero-order valence-electron chi connectivity index (χ0n) is 47.4. The van der Waals surface area contributed by atoms with Crippen molar-refractivity contribution < 1.29 is 130 Å². The van der Waals surface area contributed by atoms with Crippen LogP contribution in [0.15, 0.2) is 0 Å². The number of unbranched alkanes of at least 4 members (excludes halogenated alkanes) is 18. The van der Waals surface area contributed by atoms with Crippen LogP contribution in [0.25, 0.3) is 0 Å². The zero-order chi connectivity index (χ0) is 54.0. The highest BCUT2D eigenvalue weighted by molar-refractivity contribution is 5.95. The van der Waals surface area contributed by atoms with Gasteiger partial charge in [0.2, 0.25) is 24.4 Å². The topological polar surface area (TPSA) is 308 Å². The van der Waals surface area contributed by atoms with Gasteiger partial charge in [0.15, 0.2) is 11.6 Å². The van der Waals surface area contributed by atoms with Crippen LogP contribution in [0.2, 0.25) is 0 Å². The fourth-order valence-electron chi connectivity index (χ4n) is 7.49. The van der Waals surface area contributed by atoms with Crippen molar-refractivity contribution in [3.05, 3.63) is 0 Å². The Morgan fingerprint density at radius 3 is 0.750 bits per heavy atom. The predicted octanol–water partition coefficient (Wildman–Crippen LogP) is -7.46. The van der Waals surface area contributed by atoms with E-state index in [2.05, 4.69) is 33.6 Å². The first-order chi connectivity index (χ1) is 34.8. The normalized spacial score (nSPS) is 11.9. The lowest BCUT2D eigenvalue weighted by molar-refractivity contribution is -0.368. The van der Waals surface area contributed by atoms with E-state index in [1.807, 2.05) is 27.7 Å². The second-order valence-electron chi connectivity index (χ2n) is 18.8. The SMILES string of the molecule is CCCCC(=O)[C@H](OC(=O)CCCCCCCC[NH3+])[C@@H](OC(=O)CCCCCCCC[NH3+])C(=O)NCCC.CCCCC(=O)[C@H](OC(=O)CCCCCC[NH3+])[C@@H](OC(=O)CCCCCC[NH3+])C(=O)NCCC.[Cl-].[Cl-].[Cl-].[Cl-]. The number of hydrogen-bond donors (Lipinski definition) is 6. The molecule has 452 valence electrons. The number of carbonyl (C=O) groups is 8. The monoisotopic (exact) mass is 1170 g/mol. The molecule has 0 aliphatic heterocycles. The van der Waals surface area contributed by atoms with E-state index in [4.69, 9.17) is 18.9 Å². The predicted molar refractivity (Wildman–Crippen MR) is 277 cm³/mol. The molecule has 0 radical (unpaired) electrons. The van der Waals surface area contributed by atoms with Crippen LogP contribution in [-0.2, 0) is 57.3 Å². The minimum absolute atomic E-state index is 0. The first-order valence-corrected chi connectivity index (χ1v) is 28.4. The Hall–Kier alpha value is -2.84. The molecular formula is C54H106Cl4N6O12. The van der Waals surface area contributed by atoms with Crippen LogP contribution in [0, 0.1) is 0 Å².